The van der Waals surface area contributed by atoms with E-state index in [0.717, 1.165) is 5.56 Å². The third kappa shape index (κ3) is 5.80. The number of nitrogens with one attached hydrogen (secondary N) is 2. The summed E-state index contributed by atoms with van der Waals surface area (Å²) in [7, 11) is -2.12. The molecule has 1 aromatic rings. The van der Waals surface area contributed by atoms with Crippen LogP contribution in [-0.4, -0.2) is 47.2 Å². The van der Waals surface area contributed by atoms with Crippen molar-refractivity contribution in [1.82, 2.24) is 10.0 Å². The van der Waals surface area contributed by atoms with Crippen molar-refractivity contribution in [2.45, 2.75) is 17.9 Å². The predicted molar refractivity (Wildman–Crippen MR) is 79.2 cm³/mol. The van der Waals surface area contributed by atoms with Gasteiger partial charge in [0.15, 0.2) is 0 Å². The molecule has 0 heterocycles. The Balaban J connectivity index is 2.41. The number of sulfonamides is 1. The molecule has 4 N–H and O–H groups in total. The monoisotopic (exact) mass is 315 g/mol. The van der Waals surface area contributed by atoms with Gasteiger partial charge in [0.1, 0.15) is 6.04 Å². The van der Waals surface area contributed by atoms with Gasteiger partial charge in [-0.1, -0.05) is 17.7 Å². The molecule has 0 saturated heterocycles. The van der Waals surface area contributed by atoms with Crippen LogP contribution in [0.5, 0.6) is 0 Å². The SMILES string of the molecule is COCC(N)C(=O)NCCNS(=O)(=O)c1ccc(C)cc1. The number of carbonyl (C=O) groups is 1. The quantitative estimate of drug-likeness (QED) is 0.553. The molecule has 1 rings (SSSR count). The molecular formula is C13H21N3O4S. The van der Waals surface area contributed by atoms with Crippen LogP contribution < -0.4 is 15.8 Å². The van der Waals surface area contributed by atoms with Crippen molar-refractivity contribution in [3.8, 4) is 0 Å². The molecule has 0 radical (unpaired) electrons. The highest BCUT2D eigenvalue weighted by molar-refractivity contribution is 7.89. The first-order valence-electron chi connectivity index (χ1n) is 6.45. The molecule has 21 heavy (non-hydrogen) atoms. The van der Waals surface area contributed by atoms with E-state index in [1.54, 1.807) is 12.1 Å². The molecule has 1 amide bonds. The summed E-state index contributed by atoms with van der Waals surface area (Å²) in [6, 6.07) is 5.75. The van der Waals surface area contributed by atoms with Crippen LogP contribution in [0.4, 0.5) is 0 Å². The Bertz CT molecular complexity index is 557. The van der Waals surface area contributed by atoms with Crippen LogP contribution in [0.1, 0.15) is 5.56 Å². The number of carbonyl (C=O) groups excluding carboxylic acids is 1. The lowest BCUT2D eigenvalue weighted by molar-refractivity contribution is -0.123. The molecule has 1 atom stereocenters. The minimum Gasteiger partial charge on any atom is -0.383 e. The predicted octanol–water partition coefficient (Wildman–Crippen LogP) is -0.637. The lowest BCUT2D eigenvalue weighted by atomic mass is 10.2. The largest absolute Gasteiger partial charge is 0.383 e. The summed E-state index contributed by atoms with van der Waals surface area (Å²) in [6.07, 6.45) is 0. The molecule has 118 valence electrons. The van der Waals surface area contributed by atoms with Gasteiger partial charge in [0.05, 0.1) is 11.5 Å². The summed E-state index contributed by atoms with van der Waals surface area (Å²) >= 11 is 0. The van der Waals surface area contributed by atoms with Gasteiger partial charge in [0.25, 0.3) is 0 Å². The van der Waals surface area contributed by atoms with Gasteiger partial charge in [-0.15, -0.1) is 0 Å². The van der Waals surface area contributed by atoms with Crippen LogP contribution in [0.25, 0.3) is 0 Å². The standard InChI is InChI=1S/C13H21N3O4S/c1-10-3-5-11(6-4-10)21(18,19)16-8-7-15-13(17)12(14)9-20-2/h3-6,12,16H,7-9,14H2,1-2H3,(H,15,17). The first-order valence-corrected chi connectivity index (χ1v) is 7.93. The van der Waals surface area contributed by atoms with Crippen LogP contribution in [0.2, 0.25) is 0 Å². The molecule has 8 heteroatoms. The van der Waals surface area contributed by atoms with Gasteiger partial charge in [-0.3, -0.25) is 4.79 Å². The van der Waals surface area contributed by atoms with E-state index in [0.29, 0.717) is 0 Å². The maximum atomic E-state index is 12.0. The van der Waals surface area contributed by atoms with E-state index < -0.39 is 16.1 Å². The van der Waals surface area contributed by atoms with E-state index in [2.05, 4.69) is 10.0 Å². The van der Waals surface area contributed by atoms with Crippen molar-refractivity contribution >= 4 is 15.9 Å². The zero-order valence-electron chi connectivity index (χ0n) is 12.1. The minimum atomic E-state index is -3.56. The molecule has 0 saturated carbocycles. The molecule has 0 bridgehead atoms. The Kier molecular flexibility index (Phi) is 6.76. The fraction of sp³-hybridized carbons (Fsp3) is 0.462. The maximum absolute atomic E-state index is 12.0. The summed E-state index contributed by atoms with van der Waals surface area (Å²) < 4.78 is 31.1. The van der Waals surface area contributed by atoms with Crippen LogP contribution >= 0.6 is 0 Å². The highest BCUT2D eigenvalue weighted by Gasteiger charge is 2.14. The number of amides is 1. The molecule has 7 nitrogen and oxygen atoms in total. The second kappa shape index (κ2) is 8.08. The molecule has 0 spiro atoms. The zero-order valence-corrected chi connectivity index (χ0v) is 12.9. The van der Waals surface area contributed by atoms with Crippen LogP contribution in [-0.2, 0) is 19.6 Å². The third-order valence-corrected chi connectivity index (χ3v) is 4.21. The third-order valence-electron chi connectivity index (χ3n) is 2.73. The van der Waals surface area contributed by atoms with Gasteiger partial charge >= 0.3 is 0 Å². The molecule has 1 aromatic carbocycles. The number of ether oxygens (including phenoxy) is 1. The Morgan fingerprint density at radius 3 is 2.48 bits per heavy atom. The Hall–Kier alpha value is -1.48. The van der Waals surface area contributed by atoms with Gasteiger partial charge in [0, 0.05) is 20.2 Å². The Morgan fingerprint density at radius 1 is 1.29 bits per heavy atom. The van der Waals surface area contributed by atoms with Gasteiger partial charge in [-0.05, 0) is 19.1 Å². The summed E-state index contributed by atoms with van der Waals surface area (Å²) in [4.78, 5) is 11.7. The molecule has 0 fully saturated rings. The first kappa shape index (κ1) is 17.6. The highest BCUT2D eigenvalue weighted by atomic mass is 32.2. The van der Waals surface area contributed by atoms with Crippen LogP contribution in [0.3, 0.4) is 0 Å². The summed E-state index contributed by atoms with van der Waals surface area (Å²) in [5.41, 5.74) is 6.51. The average Bonchev–Trinajstić information content (AvgIpc) is 2.44. The Labute approximate surface area is 124 Å². The smallest absolute Gasteiger partial charge is 0.240 e. The molecule has 0 aliphatic carbocycles. The maximum Gasteiger partial charge on any atom is 0.240 e. The highest BCUT2D eigenvalue weighted by Crippen LogP contribution is 2.09. The van der Waals surface area contributed by atoms with E-state index in [9.17, 15) is 13.2 Å². The van der Waals surface area contributed by atoms with Crippen LogP contribution in [0, 0.1) is 6.92 Å². The number of hydrogen-bond donors (Lipinski definition) is 3. The lowest BCUT2D eigenvalue weighted by Crippen LogP contribution is -2.45. The number of aryl methyl sites for hydroxylation is 1. The van der Waals surface area contributed by atoms with Gasteiger partial charge in [0.2, 0.25) is 15.9 Å². The van der Waals surface area contributed by atoms with Crippen molar-refractivity contribution in [3.63, 3.8) is 0 Å². The number of hydrogen-bond acceptors (Lipinski definition) is 5. The van der Waals surface area contributed by atoms with E-state index in [4.69, 9.17) is 10.5 Å². The van der Waals surface area contributed by atoms with Crippen molar-refractivity contribution in [2.75, 3.05) is 26.8 Å². The summed E-state index contributed by atoms with van der Waals surface area (Å²) in [5, 5.41) is 2.53. The fourth-order valence-electron chi connectivity index (χ4n) is 1.56. The van der Waals surface area contributed by atoms with Gasteiger partial charge in [-0.25, -0.2) is 13.1 Å². The van der Waals surface area contributed by atoms with Crippen molar-refractivity contribution in [2.24, 2.45) is 5.73 Å². The molecule has 1 unspecified atom stereocenters. The van der Waals surface area contributed by atoms with Gasteiger partial charge in [-0.2, -0.15) is 0 Å². The molecule has 0 aliphatic heterocycles. The number of rotatable bonds is 8. The summed E-state index contributed by atoms with van der Waals surface area (Å²) in [6.45, 7) is 2.23. The summed E-state index contributed by atoms with van der Waals surface area (Å²) in [5.74, 6) is -0.383. The first-order chi connectivity index (χ1) is 9.86. The van der Waals surface area contributed by atoms with Crippen molar-refractivity contribution in [1.29, 1.82) is 0 Å². The van der Waals surface area contributed by atoms with E-state index in [1.165, 1.54) is 19.2 Å². The normalized spacial score (nSPS) is 12.9. The number of nitrogens with two attached hydrogens (primary N) is 1. The Morgan fingerprint density at radius 2 is 1.90 bits per heavy atom. The zero-order chi connectivity index (χ0) is 15.9. The molecule has 0 aliphatic rings. The van der Waals surface area contributed by atoms with E-state index in [1.807, 2.05) is 6.92 Å². The van der Waals surface area contributed by atoms with Crippen molar-refractivity contribution < 1.29 is 17.9 Å². The van der Waals surface area contributed by atoms with Crippen LogP contribution in [0.15, 0.2) is 29.2 Å². The number of methoxy groups -OCH3 is 1. The molecular weight excluding hydrogens is 294 g/mol. The van der Waals surface area contributed by atoms with Crippen molar-refractivity contribution in [3.05, 3.63) is 29.8 Å². The van der Waals surface area contributed by atoms with Gasteiger partial charge < -0.3 is 15.8 Å². The fourth-order valence-corrected chi connectivity index (χ4v) is 2.59. The minimum absolute atomic E-state index is 0.0850. The number of benzene rings is 1. The lowest BCUT2D eigenvalue weighted by Gasteiger charge is -2.11. The topological polar surface area (TPSA) is 111 Å². The second-order valence-corrected chi connectivity index (χ2v) is 6.33. The van der Waals surface area contributed by atoms with E-state index in [-0.39, 0.29) is 30.5 Å². The van der Waals surface area contributed by atoms with E-state index >= 15 is 0 Å². The molecule has 0 aromatic heterocycles. The average molecular weight is 315 g/mol. The second-order valence-electron chi connectivity index (χ2n) is 4.56.